The second-order valence-electron chi connectivity index (χ2n) is 4.86. The van der Waals surface area contributed by atoms with Crippen LogP contribution in [0.2, 0.25) is 0 Å². The lowest BCUT2D eigenvalue weighted by atomic mass is 10.1. The van der Waals surface area contributed by atoms with Gasteiger partial charge in [-0.3, -0.25) is 4.79 Å². The fraction of sp³-hybridized carbons (Fsp3) is 0.500. The van der Waals surface area contributed by atoms with Crippen molar-refractivity contribution in [3.63, 3.8) is 0 Å². The van der Waals surface area contributed by atoms with E-state index < -0.39 is 22.0 Å². The summed E-state index contributed by atoms with van der Waals surface area (Å²) in [7, 11) is -2.44. The van der Waals surface area contributed by atoms with Crippen molar-refractivity contribution in [3.8, 4) is 5.75 Å². The highest BCUT2D eigenvalue weighted by molar-refractivity contribution is 7.89. The maximum absolute atomic E-state index is 12.4. The molecule has 0 radical (unpaired) electrons. The number of rotatable bonds is 8. The van der Waals surface area contributed by atoms with Crippen molar-refractivity contribution in [2.45, 2.75) is 44.0 Å². The first-order valence-electron chi connectivity index (χ1n) is 6.69. The number of nitrogens with one attached hydrogen (secondary N) is 1. The third kappa shape index (κ3) is 5.02. The van der Waals surface area contributed by atoms with E-state index >= 15 is 0 Å². The fourth-order valence-corrected chi connectivity index (χ4v) is 3.56. The van der Waals surface area contributed by atoms with Crippen LogP contribution in [0.1, 0.15) is 31.7 Å². The topological polar surface area (TPSA) is 92.7 Å². The van der Waals surface area contributed by atoms with Gasteiger partial charge in [0.1, 0.15) is 10.6 Å². The first kappa shape index (κ1) is 17.5. The molecule has 7 heteroatoms. The summed E-state index contributed by atoms with van der Waals surface area (Å²) in [5.41, 5.74) is 0.779. The number of methoxy groups -OCH3 is 1. The Kier molecular flexibility index (Phi) is 6.17. The number of hydrogen-bond donors (Lipinski definition) is 2. The smallest absolute Gasteiger partial charge is 0.304 e. The maximum Gasteiger partial charge on any atom is 0.304 e. The minimum absolute atomic E-state index is 0.0245. The fourth-order valence-electron chi connectivity index (χ4n) is 2.04. The summed E-state index contributed by atoms with van der Waals surface area (Å²) in [5, 5.41) is 8.86. The van der Waals surface area contributed by atoms with Crippen LogP contribution in [0.3, 0.4) is 0 Å². The van der Waals surface area contributed by atoms with E-state index in [4.69, 9.17) is 9.84 Å². The Bertz CT molecular complexity index is 597. The van der Waals surface area contributed by atoms with Crippen molar-refractivity contribution < 1.29 is 23.1 Å². The predicted molar refractivity (Wildman–Crippen MR) is 79.0 cm³/mol. The van der Waals surface area contributed by atoms with Gasteiger partial charge in [0, 0.05) is 6.04 Å². The molecule has 0 aromatic heterocycles. The molecule has 0 heterocycles. The van der Waals surface area contributed by atoms with Crippen LogP contribution in [-0.2, 0) is 14.8 Å². The number of sulfonamides is 1. The minimum Gasteiger partial charge on any atom is -0.495 e. The molecule has 21 heavy (non-hydrogen) atoms. The van der Waals surface area contributed by atoms with Gasteiger partial charge in [-0.05, 0) is 31.0 Å². The molecule has 0 spiro atoms. The van der Waals surface area contributed by atoms with E-state index in [2.05, 4.69) is 4.72 Å². The standard InChI is InChI=1S/C14H21NO5S/c1-4-5-11(9-14(16)17)15-21(18,19)13-8-10(2)6-7-12(13)20-3/h6-8,11,15H,4-5,9H2,1-3H3,(H,16,17). The molecule has 0 bridgehead atoms. The van der Waals surface area contributed by atoms with E-state index in [0.29, 0.717) is 12.8 Å². The molecule has 1 aromatic rings. The number of carboxylic acids is 1. The van der Waals surface area contributed by atoms with Crippen LogP contribution in [0.5, 0.6) is 5.75 Å². The van der Waals surface area contributed by atoms with Gasteiger partial charge in [0.05, 0.1) is 13.5 Å². The number of aliphatic carboxylic acids is 1. The van der Waals surface area contributed by atoms with Crippen molar-refractivity contribution in [3.05, 3.63) is 23.8 Å². The molecule has 0 amide bonds. The van der Waals surface area contributed by atoms with Crippen molar-refractivity contribution >= 4 is 16.0 Å². The molecule has 0 aliphatic carbocycles. The maximum atomic E-state index is 12.4. The highest BCUT2D eigenvalue weighted by Crippen LogP contribution is 2.25. The molecule has 0 saturated carbocycles. The molecular weight excluding hydrogens is 294 g/mol. The number of carbonyl (C=O) groups is 1. The molecule has 118 valence electrons. The van der Waals surface area contributed by atoms with Crippen LogP contribution in [-0.4, -0.2) is 32.6 Å². The molecule has 0 fully saturated rings. The Morgan fingerprint density at radius 2 is 2.10 bits per heavy atom. The average Bonchev–Trinajstić information content (AvgIpc) is 2.37. The van der Waals surface area contributed by atoms with Crippen LogP contribution in [0.25, 0.3) is 0 Å². The summed E-state index contributed by atoms with van der Waals surface area (Å²) in [6.07, 6.45) is 0.895. The molecule has 2 N–H and O–H groups in total. The zero-order valence-electron chi connectivity index (χ0n) is 12.4. The number of carboxylic acid groups (broad SMARTS) is 1. The van der Waals surface area contributed by atoms with Crippen LogP contribution in [0.15, 0.2) is 23.1 Å². The number of ether oxygens (including phenoxy) is 1. The predicted octanol–water partition coefficient (Wildman–Crippen LogP) is 1.93. The highest BCUT2D eigenvalue weighted by Gasteiger charge is 2.24. The van der Waals surface area contributed by atoms with Gasteiger partial charge in [0.25, 0.3) is 0 Å². The van der Waals surface area contributed by atoms with Crippen LogP contribution >= 0.6 is 0 Å². The normalized spacial score (nSPS) is 12.9. The minimum atomic E-state index is -3.83. The molecular formula is C14H21NO5S. The molecule has 0 aliphatic heterocycles. The van der Waals surface area contributed by atoms with Crippen LogP contribution < -0.4 is 9.46 Å². The van der Waals surface area contributed by atoms with E-state index in [1.54, 1.807) is 19.1 Å². The lowest BCUT2D eigenvalue weighted by Gasteiger charge is -2.18. The molecule has 0 saturated heterocycles. The third-order valence-electron chi connectivity index (χ3n) is 2.99. The second kappa shape index (κ2) is 7.42. The van der Waals surface area contributed by atoms with Crippen molar-refractivity contribution in [1.29, 1.82) is 0 Å². The highest BCUT2D eigenvalue weighted by atomic mass is 32.2. The van der Waals surface area contributed by atoms with Crippen molar-refractivity contribution in [2.24, 2.45) is 0 Å². The van der Waals surface area contributed by atoms with Crippen LogP contribution in [0, 0.1) is 6.92 Å². The lowest BCUT2D eigenvalue weighted by Crippen LogP contribution is -2.36. The zero-order valence-corrected chi connectivity index (χ0v) is 13.2. The van der Waals surface area contributed by atoms with Gasteiger partial charge in [-0.15, -0.1) is 0 Å². The van der Waals surface area contributed by atoms with E-state index in [1.807, 2.05) is 6.92 Å². The van der Waals surface area contributed by atoms with E-state index in [1.165, 1.54) is 13.2 Å². The van der Waals surface area contributed by atoms with Gasteiger partial charge < -0.3 is 9.84 Å². The molecule has 1 unspecified atom stereocenters. The average molecular weight is 315 g/mol. The number of aryl methyl sites for hydroxylation is 1. The Morgan fingerprint density at radius 1 is 1.43 bits per heavy atom. The number of benzene rings is 1. The SMILES string of the molecule is CCCC(CC(=O)O)NS(=O)(=O)c1cc(C)ccc1OC. The third-order valence-corrected chi connectivity index (χ3v) is 4.53. The van der Waals surface area contributed by atoms with Gasteiger partial charge in [0.15, 0.2) is 0 Å². The lowest BCUT2D eigenvalue weighted by molar-refractivity contribution is -0.137. The Labute approximate surface area is 125 Å². The summed E-state index contributed by atoms with van der Waals surface area (Å²) in [6.45, 7) is 3.65. The molecule has 1 rings (SSSR count). The molecule has 1 atom stereocenters. The van der Waals surface area contributed by atoms with E-state index in [-0.39, 0.29) is 17.1 Å². The summed E-state index contributed by atoms with van der Waals surface area (Å²) >= 11 is 0. The Hall–Kier alpha value is -1.60. The number of hydrogen-bond acceptors (Lipinski definition) is 4. The van der Waals surface area contributed by atoms with Gasteiger partial charge in [0.2, 0.25) is 10.0 Å². The first-order valence-corrected chi connectivity index (χ1v) is 8.17. The van der Waals surface area contributed by atoms with Crippen molar-refractivity contribution in [2.75, 3.05) is 7.11 Å². The van der Waals surface area contributed by atoms with Gasteiger partial charge >= 0.3 is 5.97 Å². The van der Waals surface area contributed by atoms with Gasteiger partial charge in [-0.25, -0.2) is 13.1 Å². The van der Waals surface area contributed by atoms with E-state index in [0.717, 1.165) is 5.56 Å². The summed E-state index contributed by atoms with van der Waals surface area (Å²) in [4.78, 5) is 10.8. The van der Waals surface area contributed by atoms with Gasteiger partial charge in [-0.1, -0.05) is 19.4 Å². The summed E-state index contributed by atoms with van der Waals surface area (Å²) in [6, 6.07) is 4.20. The van der Waals surface area contributed by atoms with Crippen LogP contribution in [0.4, 0.5) is 0 Å². The first-order chi connectivity index (χ1) is 9.80. The largest absolute Gasteiger partial charge is 0.495 e. The zero-order chi connectivity index (χ0) is 16.0. The monoisotopic (exact) mass is 315 g/mol. The summed E-state index contributed by atoms with van der Waals surface area (Å²) in [5.74, 6) is -0.800. The van der Waals surface area contributed by atoms with Gasteiger partial charge in [-0.2, -0.15) is 0 Å². The molecule has 6 nitrogen and oxygen atoms in total. The molecule has 0 aliphatic rings. The summed E-state index contributed by atoms with van der Waals surface area (Å²) < 4.78 is 32.4. The van der Waals surface area contributed by atoms with Crippen molar-refractivity contribution in [1.82, 2.24) is 4.72 Å². The second-order valence-corrected chi connectivity index (χ2v) is 6.54. The van der Waals surface area contributed by atoms with E-state index in [9.17, 15) is 13.2 Å². The Balaban J connectivity index is 3.09. The Morgan fingerprint density at radius 3 is 2.62 bits per heavy atom. The quantitative estimate of drug-likeness (QED) is 0.764. The molecule has 1 aromatic carbocycles.